The van der Waals surface area contributed by atoms with Gasteiger partial charge in [-0.15, -0.1) is 0 Å². The topological polar surface area (TPSA) is 69.0 Å². The van der Waals surface area contributed by atoms with Gasteiger partial charge in [0.05, 0.1) is 16.5 Å². The number of anilines is 1. The maximum Gasteiger partial charge on any atom is 0.225 e. The Hall–Kier alpha value is -1.80. The number of rotatable bonds is 2. The van der Waals surface area contributed by atoms with E-state index in [2.05, 4.69) is 10.3 Å². The second-order valence-electron chi connectivity index (χ2n) is 6.31. The molecule has 1 atom stereocenters. The molecule has 0 aromatic carbocycles. The molecule has 0 aliphatic carbocycles. The van der Waals surface area contributed by atoms with E-state index < -0.39 is 0 Å². The van der Waals surface area contributed by atoms with Crippen molar-refractivity contribution in [3.8, 4) is 6.07 Å². The lowest BCUT2D eigenvalue weighted by Crippen LogP contribution is -2.44. The molecule has 1 aliphatic heterocycles. The number of nitriles is 1. The molecule has 1 N–H and O–H groups in total. The lowest BCUT2D eigenvalue weighted by atomic mass is 10.0. The average molecular weight is 307 g/mol. The highest BCUT2D eigenvalue weighted by molar-refractivity contribution is 6.33. The normalized spacial score (nSPS) is 18.4. The van der Waals surface area contributed by atoms with Gasteiger partial charge in [-0.3, -0.25) is 4.79 Å². The van der Waals surface area contributed by atoms with Gasteiger partial charge in [-0.25, -0.2) is 4.98 Å². The zero-order valence-electron chi connectivity index (χ0n) is 12.5. The van der Waals surface area contributed by atoms with Gasteiger partial charge < -0.3 is 10.2 Å². The van der Waals surface area contributed by atoms with Gasteiger partial charge in [-0.2, -0.15) is 5.26 Å². The maximum absolute atomic E-state index is 12.2. The van der Waals surface area contributed by atoms with Crippen LogP contribution in [0.25, 0.3) is 0 Å². The van der Waals surface area contributed by atoms with E-state index in [-0.39, 0.29) is 17.4 Å². The summed E-state index contributed by atoms with van der Waals surface area (Å²) in [5.74, 6) is 0.647. The molecule has 21 heavy (non-hydrogen) atoms. The van der Waals surface area contributed by atoms with E-state index in [0.29, 0.717) is 22.9 Å². The van der Waals surface area contributed by atoms with Crippen molar-refractivity contribution in [2.75, 3.05) is 18.0 Å². The van der Waals surface area contributed by atoms with Crippen LogP contribution in [0.15, 0.2) is 12.3 Å². The number of carbonyl (C=O) groups is 1. The van der Waals surface area contributed by atoms with Crippen molar-refractivity contribution in [3.63, 3.8) is 0 Å². The fourth-order valence-corrected chi connectivity index (χ4v) is 2.65. The van der Waals surface area contributed by atoms with Gasteiger partial charge in [0.1, 0.15) is 11.9 Å². The Balaban J connectivity index is 2.06. The van der Waals surface area contributed by atoms with E-state index in [9.17, 15) is 4.79 Å². The molecular weight excluding hydrogens is 288 g/mol. The molecule has 2 rings (SSSR count). The first kappa shape index (κ1) is 15.6. The molecule has 0 spiro atoms. The van der Waals surface area contributed by atoms with E-state index in [0.717, 1.165) is 13.0 Å². The second kappa shape index (κ2) is 5.90. The standard InChI is InChI=1S/C15H19ClN4O/c1-15(2,3)19-14(21)11-4-5-20(9-11)13-12(16)6-10(7-17)8-18-13/h6,8,11H,4-5,9H2,1-3H3,(H,19,21). The van der Waals surface area contributed by atoms with Crippen LogP contribution in [0.5, 0.6) is 0 Å². The van der Waals surface area contributed by atoms with Crippen LogP contribution in [-0.4, -0.2) is 29.5 Å². The number of nitrogens with zero attached hydrogens (tertiary/aromatic N) is 3. The molecule has 1 aromatic rings. The molecule has 1 unspecified atom stereocenters. The zero-order valence-corrected chi connectivity index (χ0v) is 13.2. The molecule has 5 nitrogen and oxygen atoms in total. The van der Waals surface area contributed by atoms with E-state index in [1.807, 2.05) is 31.7 Å². The van der Waals surface area contributed by atoms with Gasteiger partial charge >= 0.3 is 0 Å². The summed E-state index contributed by atoms with van der Waals surface area (Å²) in [4.78, 5) is 18.4. The van der Waals surface area contributed by atoms with E-state index >= 15 is 0 Å². The molecule has 1 amide bonds. The fourth-order valence-electron chi connectivity index (χ4n) is 2.36. The number of aromatic nitrogens is 1. The van der Waals surface area contributed by atoms with Crippen LogP contribution < -0.4 is 10.2 Å². The summed E-state index contributed by atoms with van der Waals surface area (Å²) in [5, 5.41) is 12.3. The van der Waals surface area contributed by atoms with Crippen LogP contribution in [0.1, 0.15) is 32.8 Å². The van der Waals surface area contributed by atoms with E-state index in [1.54, 1.807) is 6.07 Å². The number of halogens is 1. The highest BCUT2D eigenvalue weighted by Gasteiger charge is 2.31. The van der Waals surface area contributed by atoms with Crippen molar-refractivity contribution in [1.82, 2.24) is 10.3 Å². The number of hydrogen-bond acceptors (Lipinski definition) is 4. The number of amides is 1. The van der Waals surface area contributed by atoms with Crippen LogP contribution >= 0.6 is 11.6 Å². The largest absolute Gasteiger partial charge is 0.355 e. The number of pyridine rings is 1. The van der Waals surface area contributed by atoms with Gasteiger partial charge in [-0.05, 0) is 33.3 Å². The molecule has 1 aliphatic rings. The Bertz CT molecular complexity index is 588. The Morgan fingerprint density at radius 2 is 2.29 bits per heavy atom. The molecule has 112 valence electrons. The van der Waals surface area contributed by atoms with Gasteiger partial charge in [0.2, 0.25) is 5.91 Å². The molecule has 0 radical (unpaired) electrons. The smallest absolute Gasteiger partial charge is 0.225 e. The summed E-state index contributed by atoms with van der Waals surface area (Å²) in [5.41, 5.74) is 0.208. The van der Waals surface area contributed by atoms with E-state index in [4.69, 9.17) is 16.9 Å². The molecule has 1 saturated heterocycles. The third-order valence-corrected chi connectivity index (χ3v) is 3.59. The summed E-state index contributed by atoms with van der Waals surface area (Å²) in [7, 11) is 0. The predicted molar refractivity (Wildman–Crippen MR) is 82.2 cm³/mol. The molecule has 6 heteroatoms. The van der Waals surface area contributed by atoms with Crippen LogP contribution in [0.2, 0.25) is 5.02 Å². The van der Waals surface area contributed by atoms with Crippen molar-refractivity contribution in [1.29, 1.82) is 5.26 Å². The summed E-state index contributed by atoms with van der Waals surface area (Å²) in [6, 6.07) is 3.61. The third kappa shape index (κ3) is 3.85. The highest BCUT2D eigenvalue weighted by Crippen LogP contribution is 2.29. The monoisotopic (exact) mass is 306 g/mol. The van der Waals surface area contributed by atoms with Gasteiger partial charge in [0, 0.05) is 24.8 Å². The first-order chi connectivity index (χ1) is 9.80. The van der Waals surface area contributed by atoms with Crippen LogP contribution in [0, 0.1) is 17.2 Å². The minimum atomic E-state index is -0.227. The van der Waals surface area contributed by atoms with Crippen molar-refractivity contribution >= 4 is 23.3 Å². The second-order valence-corrected chi connectivity index (χ2v) is 6.72. The maximum atomic E-state index is 12.2. The Morgan fingerprint density at radius 3 is 2.86 bits per heavy atom. The van der Waals surface area contributed by atoms with Crippen LogP contribution in [0.4, 0.5) is 5.82 Å². The van der Waals surface area contributed by atoms with Gasteiger partial charge in [0.25, 0.3) is 0 Å². The summed E-state index contributed by atoms with van der Waals surface area (Å²) < 4.78 is 0. The summed E-state index contributed by atoms with van der Waals surface area (Å²) >= 11 is 6.17. The van der Waals surface area contributed by atoms with Gasteiger partial charge in [-0.1, -0.05) is 11.6 Å². The van der Waals surface area contributed by atoms with Crippen molar-refractivity contribution in [2.45, 2.75) is 32.7 Å². The van der Waals surface area contributed by atoms with Crippen molar-refractivity contribution in [3.05, 3.63) is 22.8 Å². The van der Waals surface area contributed by atoms with Crippen molar-refractivity contribution < 1.29 is 4.79 Å². The van der Waals surface area contributed by atoms with Crippen molar-refractivity contribution in [2.24, 2.45) is 5.92 Å². The Morgan fingerprint density at radius 1 is 1.57 bits per heavy atom. The van der Waals surface area contributed by atoms with E-state index in [1.165, 1.54) is 6.20 Å². The first-order valence-corrected chi connectivity index (χ1v) is 7.30. The molecule has 0 bridgehead atoms. The fraction of sp³-hybridized carbons (Fsp3) is 0.533. The molecule has 0 saturated carbocycles. The summed E-state index contributed by atoms with van der Waals surface area (Å²) in [6.07, 6.45) is 2.28. The SMILES string of the molecule is CC(C)(C)NC(=O)C1CCN(c2ncc(C#N)cc2Cl)C1. The molecule has 1 aromatic heterocycles. The highest BCUT2D eigenvalue weighted by atomic mass is 35.5. The number of hydrogen-bond donors (Lipinski definition) is 1. The summed E-state index contributed by atoms with van der Waals surface area (Å²) in [6.45, 7) is 7.24. The van der Waals surface area contributed by atoms with Crippen LogP contribution in [-0.2, 0) is 4.79 Å². The Labute approximate surface area is 129 Å². The lowest BCUT2D eigenvalue weighted by molar-refractivity contribution is -0.125. The third-order valence-electron chi connectivity index (χ3n) is 3.31. The molecular formula is C15H19ClN4O. The Kier molecular flexibility index (Phi) is 4.38. The number of nitrogens with one attached hydrogen (secondary N) is 1. The minimum Gasteiger partial charge on any atom is -0.355 e. The molecule has 1 fully saturated rings. The molecule has 2 heterocycles. The zero-order chi connectivity index (χ0) is 15.6. The number of carbonyl (C=O) groups excluding carboxylic acids is 1. The quantitative estimate of drug-likeness (QED) is 0.910. The average Bonchev–Trinajstić information content (AvgIpc) is 2.86. The lowest BCUT2D eigenvalue weighted by Gasteiger charge is -2.23. The van der Waals surface area contributed by atoms with Crippen LogP contribution in [0.3, 0.4) is 0 Å². The predicted octanol–water partition coefficient (Wildman–Crippen LogP) is 2.35. The van der Waals surface area contributed by atoms with Gasteiger partial charge in [0.15, 0.2) is 0 Å². The first-order valence-electron chi connectivity index (χ1n) is 6.93. The minimum absolute atomic E-state index is 0.0577.